The summed E-state index contributed by atoms with van der Waals surface area (Å²) >= 11 is 0. The van der Waals surface area contributed by atoms with Crippen LogP contribution in [0.2, 0.25) is 0 Å². The second-order valence-corrected chi connectivity index (χ2v) is 5.17. The van der Waals surface area contributed by atoms with Crippen LogP contribution in [0.15, 0.2) is 29.3 Å². The van der Waals surface area contributed by atoms with Gasteiger partial charge in [-0.2, -0.15) is 0 Å². The molecule has 3 nitrogen and oxygen atoms in total. The number of aliphatic imine (C=N–C) groups is 1. The summed E-state index contributed by atoms with van der Waals surface area (Å²) in [6.45, 7) is 8.94. The topological polar surface area (TPSA) is 28.8 Å². The largest absolute Gasteiger partial charge is 0.344 e. The summed E-state index contributed by atoms with van der Waals surface area (Å²) in [6.07, 6.45) is 3.42. The van der Waals surface area contributed by atoms with Gasteiger partial charge in [0.15, 0.2) is 0 Å². The molecule has 0 saturated carbocycles. The summed E-state index contributed by atoms with van der Waals surface area (Å²) < 4.78 is 0. The van der Waals surface area contributed by atoms with Crippen molar-refractivity contribution in [3.63, 3.8) is 0 Å². The Morgan fingerprint density at radius 1 is 1.16 bits per heavy atom. The van der Waals surface area contributed by atoms with Crippen molar-refractivity contribution in [3.05, 3.63) is 29.8 Å². The van der Waals surface area contributed by atoms with Crippen molar-refractivity contribution in [1.29, 1.82) is 0 Å². The Kier molecular flexibility index (Phi) is 5.40. The van der Waals surface area contributed by atoms with Crippen molar-refractivity contribution in [2.24, 2.45) is 4.99 Å². The number of benzene rings is 1. The first kappa shape index (κ1) is 14.1. The molecule has 1 heterocycles. The van der Waals surface area contributed by atoms with Crippen LogP contribution in [-0.4, -0.2) is 32.0 Å². The van der Waals surface area contributed by atoms with Crippen molar-refractivity contribution in [3.8, 4) is 0 Å². The average molecular weight is 260 g/mol. The Hall–Kier alpha value is -1.35. The van der Waals surface area contributed by atoms with Gasteiger partial charge in [-0.15, -0.1) is 0 Å². The van der Waals surface area contributed by atoms with E-state index in [-0.39, 0.29) is 0 Å². The number of hydrogen-bond acceptors (Lipinski definition) is 1. The number of likely N-dealkylation sites (N-methyl/N-ethyl adjacent to an activating group) is 1. The number of aryl methyl sites for hydroxylation is 1. The van der Waals surface area contributed by atoms with Crippen molar-refractivity contribution in [1.82, 2.24) is 0 Å². The first-order valence-electron chi connectivity index (χ1n) is 7.55. The van der Waals surface area contributed by atoms with Crippen LogP contribution < -0.4 is 10.2 Å². The Bertz CT molecular complexity index is 422. The molecule has 0 bridgehead atoms. The molecule has 0 aromatic heterocycles. The number of nitrogens with one attached hydrogen (secondary N) is 2. The van der Waals surface area contributed by atoms with Gasteiger partial charge in [-0.3, -0.25) is 4.99 Å². The second kappa shape index (κ2) is 7.29. The smallest absolute Gasteiger partial charge is 0.101 e. The first-order valence-corrected chi connectivity index (χ1v) is 7.55. The summed E-state index contributed by atoms with van der Waals surface area (Å²) in [5.74, 6) is 1.16. The van der Waals surface area contributed by atoms with E-state index in [1.807, 2.05) is 0 Å². The highest BCUT2D eigenvalue weighted by Crippen LogP contribution is 2.21. The van der Waals surface area contributed by atoms with Crippen molar-refractivity contribution < 1.29 is 4.90 Å². The maximum absolute atomic E-state index is 4.76. The standard InChI is InChI=1S/C16H25N3/c1-3-19(4-2)13-12-17-16-11-7-9-14-8-5-6-10-15(14)18-16/h5-6,8,10H,3-4,7,9,11-13H2,1-2H3,(H,17,18)/p+1. The Morgan fingerprint density at radius 3 is 2.74 bits per heavy atom. The summed E-state index contributed by atoms with van der Waals surface area (Å²) in [5, 5.41) is 3.51. The fourth-order valence-electron chi connectivity index (χ4n) is 2.60. The van der Waals surface area contributed by atoms with E-state index in [4.69, 9.17) is 4.99 Å². The van der Waals surface area contributed by atoms with E-state index in [0.29, 0.717) is 0 Å². The van der Waals surface area contributed by atoms with E-state index in [1.165, 1.54) is 30.8 Å². The van der Waals surface area contributed by atoms with E-state index >= 15 is 0 Å². The summed E-state index contributed by atoms with van der Waals surface area (Å²) in [7, 11) is 0. The van der Waals surface area contributed by atoms with Gasteiger partial charge in [0.25, 0.3) is 0 Å². The second-order valence-electron chi connectivity index (χ2n) is 5.17. The number of quaternary nitrogens is 1. The summed E-state index contributed by atoms with van der Waals surface area (Å²) in [5.41, 5.74) is 2.66. The lowest BCUT2D eigenvalue weighted by Gasteiger charge is -2.14. The summed E-state index contributed by atoms with van der Waals surface area (Å²) in [6, 6.07) is 8.58. The van der Waals surface area contributed by atoms with E-state index < -0.39 is 0 Å². The van der Waals surface area contributed by atoms with Gasteiger partial charge in [-0.1, -0.05) is 18.2 Å². The molecule has 2 N–H and O–H groups in total. The normalized spacial score (nSPS) is 17.1. The molecule has 0 aliphatic carbocycles. The average Bonchev–Trinajstić information content (AvgIpc) is 2.65. The Morgan fingerprint density at radius 2 is 1.95 bits per heavy atom. The van der Waals surface area contributed by atoms with Gasteiger partial charge in [0.2, 0.25) is 0 Å². The summed E-state index contributed by atoms with van der Waals surface area (Å²) in [4.78, 5) is 6.39. The molecule has 0 fully saturated rings. The van der Waals surface area contributed by atoms with Gasteiger partial charge in [0, 0.05) is 12.1 Å². The quantitative estimate of drug-likeness (QED) is 0.830. The lowest BCUT2D eigenvalue weighted by Crippen LogP contribution is -3.11. The van der Waals surface area contributed by atoms with Crippen LogP contribution in [0.25, 0.3) is 0 Å². The molecule has 0 saturated heterocycles. The third-order valence-corrected chi connectivity index (χ3v) is 3.92. The molecule has 1 aliphatic rings. The Labute approximate surface area is 116 Å². The van der Waals surface area contributed by atoms with Crippen LogP contribution in [0.1, 0.15) is 32.3 Å². The number of anilines is 1. The van der Waals surface area contributed by atoms with Crippen LogP contribution in [0.5, 0.6) is 0 Å². The molecule has 0 amide bonds. The minimum absolute atomic E-state index is 0.932. The lowest BCUT2D eigenvalue weighted by atomic mass is 10.1. The molecule has 1 aromatic carbocycles. The van der Waals surface area contributed by atoms with Crippen molar-refractivity contribution >= 4 is 11.5 Å². The van der Waals surface area contributed by atoms with Crippen LogP contribution >= 0.6 is 0 Å². The van der Waals surface area contributed by atoms with E-state index in [2.05, 4.69) is 43.4 Å². The molecule has 0 radical (unpaired) electrons. The number of nitrogens with zero attached hydrogens (tertiary/aromatic N) is 1. The Balaban J connectivity index is 1.94. The highest BCUT2D eigenvalue weighted by molar-refractivity contribution is 5.96. The molecule has 1 aromatic rings. The third kappa shape index (κ3) is 4.06. The molecule has 3 heteroatoms. The first-order chi connectivity index (χ1) is 9.33. The van der Waals surface area contributed by atoms with Crippen LogP contribution in [0.3, 0.4) is 0 Å². The van der Waals surface area contributed by atoms with Gasteiger partial charge in [0.1, 0.15) is 5.84 Å². The van der Waals surface area contributed by atoms with Crippen LogP contribution in [0.4, 0.5) is 5.69 Å². The molecule has 0 atom stereocenters. The van der Waals surface area contributed by atoms with Crippen molar-refractivity contribution in [2.45, 2.75) is 33.1 Å². The molecular formula is C16H26N3+. The van der Waals surface area contributed by atoms with E-state index in [1.54, 1.807) is 4.90 Å². The number of amidine groups is 1. The number of hydrogen-bond donors (Lipinski definition) is 2. The fourth-order valence-corrected chi connectivity index (χ4v) is 2.60. The SMILES string of the molecule is CC[NH+](CC)CCN=C1CCCc2ccccc2N1. The van der Waals surface area contributed by atoms with Gasteiger partial charge in [-0.25, -0.2) is 0 Å². The predicted molar refractivity (Wildman–Crippen MR) is 82.2 cm³/mol. The van der Waals surface area contributed by atoms with Gasteiger partial charge >= 0.3 is 0 Å². The number of rotatable bonds is 5. The minimum Gasteiger partial charge on any atom is -0.344 e. The highest BCUT2D eigenvalue weighted by atomic mass is 15.1. The fraction of sp³-hybridized carbons (Fsp3) is 0.562. The number of fused-ring (bicyclic) bond motifs is 1. The lowest BCUT2D eigenvalue weighted by molar-refractivity contribution is -0.894. The molecule has 2 rings (SSSR count). The maximum atomic E-state index is 4.76. The molecule has 0 unspecified atom stereocenters. The van der Waals surface area contributed by atoms with Crippen molar-refractivity contribution in [2.75, 3.05) is 31.5 Å². The molecule has 104 valence electrons. The van der Waals surface area contributed by atoms with Gasteiger partial charge < -0.3 is 10.2 Å². The monoisotopic (exact) mass is 260 g/mol. The predicted octanol–water partition coefficient (Wildman–Crippen LogP) is 1.76. The van der Waals surface area contributed by atoms with E-state index in [0.717, 1.165) is 31.8 Å². The zero-order chi connectivity index (χ0) is 13.5. The molecule has 1 aliphatic heterocycles. The van der Waals surface area contributed by atoms with E-state index in [9.17, 15) is 0 Å². The number of para-hydroxylation sites is 1. The van der Waals surface area contributed by atoms with Gasteiger partial charge in [0.05, 0.1) is 26.2 Å². The van der Waals surface area contributed by atoms with Gasteiger partial charge in [-0.05, 0) is 38.3 Å². The van der Waals surface area contributed by atoms with Crippen LogP contribution in [0, 0.1) is 0 Å². The minimum atomic E-state index is 0.932. The molecule has 0 spiro atoms. The van der Waals surface area contributed by atoms with Crippen LogP contribution in [-0.2, 0) is 6.42 Å². The maximum Gasteiger partial charge on any atom is 0.101 e. The molecule has 19 heavy (non-hydrogen) atoms. The third-order valence-electron chi connectivity index (χ3n) is 3.92. The zero-order valence-corrected chi connectivity index (χ0v) is 12.2. The zero-order valence-electron chi connectivity index (χ0n) is 12.2. The molecular weight excluding hydrogens is 234 g/mol. The highest BCUT2D eigenvalue weighted by Gasteiger charge is 2.10.